The number of hydrogen-bond acceptors (Lipinski definition) is 3. The molecule has 22 heavy (non-hydrogen) atoms. The number of rotatable bonds is 3. The number of amides is 2. The average Bonchev–Trinajstić information content (AvgIpc) is 3.07. The monoisotopic (exact) mass is 303 g/mol. The van der Waals surface area contributed by atoms with E-state index in [4.69, 9.17) is 0 Å². The number of aromatic amines is 1. The molecule has 1 saturated heterocycles. The third-order valence-electron chi connectivity index (χ3n) is 3.75. The third-order valence-corrected chi connectivity index (χ3v) is 3.75. The summed E-state index contributed by atoms with van der Waals surface area (Å²) in [5.41, 5.74) is 1.86. The molecule has 116 valence electrons. The zero-order valence-electron chi connectivity index (χ0n) is 12.1. The Morgan fingerprint density at radius 3 is 2.55 bits per heavy atom. The molecule has 0 atom stereocenters. The summed E-state index contributed by atoms with van der Waals surface area (Å²) in [6.45, 7) is 3.21. The fourth-order valence-corrected chi connectivity index (χ4v) is 2.49. The summed E-state index contributed by atoms with van der Waals surface area (Å²) in [5, 5.41) is 9.51. The van der Waals surface area contributed by atoms with Crippen molar-refractivity contribution < 1.29 is 9.18 Å². The van der Waals surface area contributed by atoms with E-state index in [0.717, 1.165) is 24.5 Å². The number of nitrogens with one attached hydrogen (secondary N) is 2. The smallest absolute Gasteiger partial charge is 0.317 e. The SMILES string of the molecule is O=C(NCc1ccn[nH]1)N1CCN(c2ccc(F)cc2)CC1. The summed E-state index contributed by atoms with van der Waals surface area (Å²) in [6, 6.07) is 8.20. The molecular formula is C15H18FN5O. The van der Waals surface area contributed by atoms with E-state index in [-0.39, 0.29) is 11.8 Å². The van der Waals surface area contributed by atoms with Crippen molar-refractivity contribution in [2.24, 2.45) is 0 Å². The number of carbonyl (C=O) groups is 1. The van der Waals surface area contributed by atoms with Crippen LogP contribution in [-0.4, -0.2) is 47.3 Å². The number of urea groups is 1. The molecule has 1 aromatic heterocycles. The van der Waals surface area contributed by atoms with Crippen LogP contribution in [0.5, 0.6) is 0 Å². The molecule has 0 bridgehead atoms. The summed E-state index contributed by atoms with van der Waals surface area (Å²) >= 11 is 0. The van der Waals surface area contributed by atoms with Crippen molar-refractivity contribution in [3.05, 3.63) is 48.0 Å². The maximum absolute atomic E-state index is 12.9. The quantitative estimate of drug-likeness (QED) is 0.905. The third kappa shape index (κ3) is 3.36. The molecule has 6 nitrogen and oxygen atoms in total. The molecule has 2 amide bonds. The molecular weight excluding hydrogens is 285 g/mol. The van der Waals surface area contributed by atoms with Gasteiger partial charge in [-0.05, 0) is 30.3 Å². The number of nitrogens with zero attached hydrogens (tertiary/aromatic N) is 3. The summed E-state index contributed by atoms with van der Waals surface area (Å²) in [6.07, 6.45) is 1.66. The standard InChI is InChI=1S/C15H18FN5O/c16-12-1-3-14(4-2-12)20-7-9-21(10-8-20)15(22)17-11-13-5-6-18-19-13/h1-6H,7-11H2,(H,17,22)(H,18,19). The molecule has 0 aliphatic carbocycles. The molecule has 1 aliphatic heterocycles. The number of piperazine rings is 1. The van der Waals surface area contributed by atoms with Crippen LogP contribution in [0.15, 0.2) is 36.5 Å². The zero-order chi connectivity index (χ0) is 15.4. The second-order valence-electron chi connectivity index (χ2n) is 5.19. The Morgan fingerprint density at radius 2 is 1.91 bits per heavy atom. The van der Waals surface area contributed by atoms with Gasteiger partial charge in [0, 0.05) is 38.1 Å². The van der Waals surface area contributed by atoms with Crippen LogP contribution in [0, 0.1) is 5.82 Å². The van der Waals surface area contributed by atoms with Crippen molar-refractivity contribution in [1.29, 1.82) is 0 Å². The van der Waals surface area contributed by atoms with Crippen molar-refractivity contribution in [3.8, 4) is 0 Å². The normalized spacial score (nSPS) is 15.0. The fraction of sp³-hybridized carbons (Fsp3) is 0.333. The van der Waals surface area contributed by atoms with Crippen molar-refractivity contribution in [2.75, 3.05) is 31.1 Å². The minimum Gasteiger partial charge on any atom is -0.368 e. The van der Waals surface area contributed by atoms with Crippen LogP contribution < -0.4 is 10.2 Å². The van der Waals surface area contributed by atoms with E-state index in [1.807, 2.05) is 6.07 Å². The molecule has 2 aromatic rings. The molecule has 2 heterocycles. The minimum absolute atomic E-state index is 0.0756. The van der Waals surface area contributed by atoms with Crippen LogP contribution in [0.2, 0.25) is 0 Å². The molecule has 0 saturated carbocycles. The van der Waals surface area contributed by atoms with Gasteiger partial charge in [-0.2, -0.15) is 5.10 Å². The van der Waals surface area contributed by atoms with Crippen LogP contribution in [0.4, 0.5) is 14.9 Å². The topological polar surface area (TPSA) is 64.3 Å². The molecule has 0 spiro atoms. The van der Waals surface area contributed by atoms with Gasteiger partial charge in [0.2, 0.25) is 0 Å². The van der Waals surface area contributed by atoms with Crippen LogP contribution in [-0.2, 0) is 6.54 Å². The summed E-state index contributed by atoms with van der Waals surface area (Å²) in [7, 11) is 0. The van der Waals surface area contributed by atoms with E-state index in [1.165, 1.54) is 12.1 Å². The van der Waals surface area contributed by atoms with E-state index in [2.05, 4.69) is 20.4 Å². The second-order valence-corrected chi connectivity index (χ2v) is 5.19. The van der Waals surface area contributed by atoms with E-state index in [0.29, 0.717) is 19.6 Å². The molecule has 1 fully saturated rings. The number of halogens is 1. The van der Waals surface area contributed by atoms with Gasteiger partial charge in [-0.3, -0.25) is 5.10 Å². The summed E-state index contributed by atoms with van der Waals surface area (Å²) in [5.74, 6) is -0.236. The number of H-pyrrole nitrogens is 1. The number of aromatic nitrogens is 2. The van der Waals surface area contributed by atoms with Gasteiger partial charge in [0.25, 0.3) is 0 Å². The van der Waals surface area contributed by atoms with Gasteiger partial charge in [-0.15, -0.1) is 0 Å². The number of benzene rings is 1. The van der Waals surface area contributed by atoms with Crippen molar-refractivity contribution in [2.45, 2.75) is 6.54 Å². The molecule has 3 rings (SSSR count). The Balaban J connectivity index is 1.48. The number of anilines is 1. The highest BCUT2D eigenvalue weighted by Gasteiger charge is 2.21. The van der Waals surface area contributed by atoms with Gasteiger partial charge in [-0.1, -0.05) is 0 Å². The van der Waals surface area contributed by atoms with E-state index in [1.54, 1.807) is 23.2 Å². The van der Waals surface area contributed by atoms with Crippen molar-refractivity contribution in [1.82, 2.24) is 20.4 Å². The Labute approximate surface area is 127 Å². The van der Waals surface area contributed by atoms with Gasteiger partial charge in [0.05, 0.1) is 12.2 Å². The van der Waals surface area contributed by atoms with E-state index in [9.17, 15) is 9.18 Å². The predicted octanol–water partition coefficient (Wildman–Crippen LogP) is 1.58. The largest absolute Gasteiger partial charge is 0.368 e. The molecule has 7 heteroatoms. The van der Waals surface area contributed by atoms with Gasteiger partial charge >= 0.3 is 6.03 Å². The molecule has 1 aliphatic rings. The highest BCUT2D eigenvalue weighted by Crippen LogP contribution is 2.16. The Kier molecular flexibility index (Phi) is 4.22. The lowest BCUT2D eigenvalue weighted by Crippen LogP contribution is -2.51. The lowest BCUT2D eigenvalue weighted by atomic mass is 10.2. The first-order valence-corrected chi connectivity index (χ1v) is 7.24. The van der Waals surface area contributed by atoms with Gasteiger partial charge < -0.3 is 15.1 Å². The zero-order valence-corrected chi connectivity index (χ0v) is 12.1. The van der Waals surface area contributed by atoms with E-state index < -0.39 is 0 Å². The van der Waals surface area contributed by atoms with Crippen molar-refractivity contribution in [3.63, 3.8) is 0 Å². The predicted molar refractivity (Wildman–Crippen MR) is 81.0 cm³/mol. The summed E-state index contributed by atoms with van der Waals surface area (Å²) < 4.78 is 12.9. The Bertz CT molecular complexity index is 605. The first kappa shape index (κ1) is 14.4. The molecule has 0 unspecified atom stereocenters. The lowest BCUT2D eigenvalue weighted by Gasteiger charge is -2.36. The van der Waals surface area contributed by atoms with Gasteiger partial charge in [0.1, 0.15) is 5.82 Å². The Hall–Kier alpha value is -2.57. The maximum atomic E-state index is 12.9. The molecule has 2 N–H and O–H groups in total. The first-order chi connectivity index (χ1) is 10.7. The summed E-state index contributed by atoms with van der Waals surface area (Å²) in [4.78, 5) is 16.0. The average molecular weight is 303 g/mol. The molecule has 0 radical (unpaired) electrons. The van der Waals surface area contributed by atoms with Crippen molar-refractivity contribution >= 4 is 11.7 Å². The van der Waals surface area contributed by atoms with Crippen LogP contribution in [0.1, 0.15) is 5.69 Å². The first-order valence-electron chi connectivity index (χ1n) is 7.24. The van der Waals surface area contributed by atoms with Crippen LogP contribution >= 0.6 is 0 Å². The van der Waals surface area contributed by atoms with E-state index >= 15 is 0 Å². The Morgan fingerprint density at radius 1 is 1.18 bits per heavy atom. The van der Waals surface area contributed by atoms with Gasteiger partial charge in [-0.25, -0.2) is 9.18 Å². The van der Waals surface area contributed by atoms with Gasteiger partial charge in [0.15, 0.2) is 0 Å². The highest BCUT2D eigenvalue weighted by atomic mass is 19.1. The molecule has 1 aromatic carbocycles. The fourth-order valence-electron chi connectivity index (χ4n) is 2.49. The maximum Gasteiger partial charge on any atom is 0.317 e. The highest BCUT2D eigenvalue weighted by molar-refractivity contribution is 5.74. The number of hydrogen-bond donors (Lipinski definition) is 2. The second kappa shape index (κ2) is 6.46. The van der Waals surface area contributed by atoms with Crippen LogP contribution in [0.3, 0.4) is 0 Å². The minimum atomic E-state index is -0.236. The van der Waals surface area contributed by atoms with Crippen LogP contribution in [0.25, 0.3) is 0 Å². The lowest BCUT2D eigenvalue weighted by molar-refractivity contribution is 0.194. The number of carbonyl (C=O) groups excluding carboxylic acids is 1.